The quantitative estimate of drug-likeness (QED) is 0.893. The molecule has 0 saturated carbocycles. The molecule has 1 aliphatic carbocycles. The molecule has 1 aliphatic rings. The van der Waals surface area contributed by atoms with Gasteiger partial charge in [0, 0.05) is 4.88 Å². The van der Waals surface area contributed by atoms with Gasteiger partial charge in [0.1, 0.15) is 11.1 Å². The van der Waals surface area contributed by atoms with E-state index in [0.717, 1.165) is 29.2 Å². The van der Waals surface area contributed by atoms with Crippen LogP contribution < -0.4 is 10.2 Å². The third-order valence-electron chi connectivity index (χ3n) is 4.37. The van der Waals surface area contributed by atoms with Crippen LogP contribution in [0.15, 0.2) is 0 Å². The topological polar surface area (TPSA) is 57.3 Å². The van der Waals surface area contributed by atoms with Crippen LogP contribution in [-0.2, 0) is 17.6 Å². The van der Waals surface area contributed by atoms with Crippen molar-refractivity contribution in [2.45, 2.75) is 40.0 Å². The minimum atomic E-state index is -0.0255. The number of rotatable bonds is 3. The maximum atomic E-state index is 12.0. The lowest BCUT2D eigenvalue weighted by Crippen LogP contribution is -3.06. The van der Waals surface area contributed by atoms with Crippen LogP contribution in [0.1, 0.15) is 43.2 Å². The number of carbonyl (C=O) groups excluding carboxylic acids is 1. The lowest BCUT2D eigenvalue weighted by Gasteiger charge is -2.33. The van der Waals surface area contributed by atoms with Crippen molar-refractivity contribution in [3.63, 3.8) is 0 Å². The van der Waals surface area contributed by atoms with Crippen molar-refractivity contribution in [2.75, 3.05) is 26.0 Å². The predicted octanol–water partition coefficient (Wildman–Crippen LogP) is 1.85. The highest BCUT2D eigenvalue weighted by molar-refractivity contribution is 7.16. The first-order valence-corrected chi connectivity index (χ1v) is 8.67. The van der Waals surface area contributed by atoms with Gasteiger partial charge in [-0.3, -0.25) is 4.79 Å². The van der Waals surface area contributed by atoms with E-state index in [0.29, 0.717) is 18.0 Å². The molecule has 0 radical (unpaired) electrons. The second-order valence-electron chi connectivity index (χ2n) is 7.56. The second kappa shape index (κ2) is 6.39. The molecule has 0 aliphatic heterocycles. The van der Waals surface area contributed by atoms with Crippen LogP contribution in [0, 0.1) is 22.7 Å². The Hall–Kier alpha value is -1.38. The number of carbonyl (C=O) groups is 1. The summed E-state index contributed by atoms with van der Waals surface area (Å²) in [5, 5.41) is 13.2. The monoisotopic (exact) mass is 320 g/mol. The van der Waals surface area contributed by atoms with E-state index in [1.165, 1.54) is 10.4 Å². The number of quaternary nitrogens is 1. The van der Waals surface area contributed by atoms with E-state index in [2.05, 4.69) is 32.2 Å². The zero-order chi connectivity index (χ0) is 16.5. The van der Waals surface area contributed by atoms with E-state index in [1.54, 1.807) is 11.3 Å². The average molecular weight is 320 g/mol. The van der Waals surface area contributed by atoms with Crippen LogP contribution >= 0.6 is 11.3 Å². The van der Waals surface area contributed by atoms with Crippen molar-refractivity contribution in [3.8, 4) is 6.07 Å². The van der Waals surface area contributed by atoms with Crippen LogP contribution in [0.4, 0.5) is 5.00 Å². The zero-order valence-electron chi connectivity index (χ0n) is 14.2. The number of nitrogens with one attached hydrogen (secondary N) is 2. The molecule has 1 amide bonds. The summed E-state index contributed by atoms with van der Waals surface area (Å²) in [5.41, 5.74) is 2.14. The molecule has 0 fully saturated rings. The molecule has 1 aromatic rings. The molecule has 5 heteroatoms. The summed E-state index contributed by atoms with van der Waals surface area (Å²) in [6.45, 7) is 7.26. The SMILES string of the molecule is C[NH+](C)CC(=O)Nc1sc2c(c1C#N)CC[C@@H](C(C)(C)C)C2. The Bertz CT molecular complexity index is 605. The fourth-order valence-corrected chi connectivity index (χ4v) is 4.32. The molecule has 1 heterocycles. The Morgan fingerprint density at radius 3 is 2.68 bits per heavy atom. The van der Waals surface area contributed by atoms with Gasteiger partial charge in [-0.1, -0.05) is 20.8 Å². The van der Waals surface area contributed by atoms with Gasteiger partial charge in [-0.05, 0) is 36.2 Å². The van der Waals surface area contributed by atoms with E-state index in [1.807, 2.05) is 14.1 Å². The number of fused-ring (bicyclic) bond motifs is 1. The predicted molar refractivity (Wildman–Crippen MR) is 90.3 cm³/mol. The van der Waals surface area contributed by atoms with Crippen LogP contribution in [0.5, 0.6) is 0 Å². The maximum absolute atomic E-state index is 12.0. The second-order valence-corrected chi connectivity index (χ2v) is 8.66. The van der Waals surface area contributed by atoms with E-state index in [4.69, 9.17) is 0 Å². The number of hydrogen-bond acceptors (Lipinski definition) is 3. The average Bonchev–Trinajstić information content (AvgIpc) is 2.72. The highest BCUT2D eigenvalue weighted by Gasteiger charge is 2.32. The van der Waals surface area contributed by atoms with Crippen molar-refractivity contribution >= 4 is 22.2 Å². The van der Waals surface area contributed by atoms with Gasteiger partial charge >= 0.3 is 0 Å². The number of anilines is 1. The molecule has 0 unspecified atom stereocenters. The third kappa shape index (κ3) is 3.68. The summed E-state index contributed by atoms with van der Waals surface area (Å²) in [4.78, 5) is 14.4. The fraction of sp³-hybridized carbons (Fsp3) is 0.647. The summed E-state index contributed by atoms with van der Waals surface area (Å²) >= 11 is 1.60. The van der Waals surface area contributed by atoms with Crippen molar-refractivity contribution < 1.29 is 9.69 Å². The summed E-state index contributed by atoms with van der Waals surface area (Å²) in [6.07, 6.45) is 3.09. The summed E-state index contributed by atoms with van der Waals surface area (Å²) in [5.74, 6) is 0.613. The minimum Gasteiger partial charge on any atom is -0.332 e. The Morgan fingerprint density at radius 2 is 2.14 bits per heavy atom. The van der Waals surface area contributed by atoms with Gasteiger partial charge in [-0.2, -0.15) is 5.26 Å². The molecule has 4 nitrogen and oxygen atoms in total. The Kier molecular flexibility index (Phi) is 4.93. The molecule has 22 heavy (non-hydrogen) atoms. The Balaban J connectivity index is 2.23. The fourth-order valence-electron chi connectivity index (χ4n) is 3.02. The number of likely N-dealkylation sites (N-methyl/N-ethyl adjacent to an activating group) is 1. The molecule has 2 N–H and O–H groups in total. The van der Waals surface area contributed by atoms with Gasteiger partial charge < -0.3 is 10.2 Å². The van der Waals surface area contributed by atoms with Crippen molar-refractivity contribution in [1.82, 2.24) is 0 Å². The first-order chi connectivity index (χ1) is 10.2. The van der Waals surface area contributed by atoms with Crippen molar-refractivity contribution in [3.05, 3.63) is 16.0 Å². The maximum Gasteiger partial charge on any atom is 0.280 e. The summed E-state index contributed by atoms with van der Waals surface area (Å²) < 4.78 is 0. The molecule has 1 aromatic heterocycles. The van der Waals surface area contributed by atoms with Crippen molar-refractivity contribution in [1.29, 1.82) is 5.26 Å². The highest BCUT2D eigenvalue weighted by Crippen LogP contribution is 2.43. The summed E-state index contributed by atoms with van der Waals surface area (Å²) in [6, 6.07) is 2.30. The zero-order valence-corrected chi connectivity index (χ0v) is 15.0. The van der Waals surface area contributed by atoms with E-state index in [-0.39, 0.29) is 11.3 Å². The molecule has 0 saturated heterocycles. The van der Waals surface area contributed by atoms with Crippen molar-refractivity contribution in [2.24, 2.45) is 11.3 Å². The van der Waals surface area contributed by atoms with Gasteiger partial charge in [0.25, 0.3) is 5.91 Å². The van der Waals surface area contributed by atoms with E-state index >= 15 is 0 Å². The number of amides is 1. The molecular weight excluding hydrogens is 294 g/mol. The van der Waals surface area contributed by atoms with Crippen LogP contribution in [0.3, 0.4) is 0 Å². The highest BCUT2D eigenvalue weighted by atomic mass is 32.1. The largest absolute Gasteiger partial charge is 0.332 e. The van der Waals surface area contributed by atoms with Crippen LogP contribution in [-0.4, -0.2) is 26.5 Å². The van der Waals surface area contributed by atoms with Crippen LogP contribution in [0.25, 0.3) is 0 Å². The number of thiophene rings is 1. The number of nitriles is 1. The van der Waals surface area contributed by atoms with Crippen LogP contribution in [0.2, 0.25) is 0 Å². The molecule has 0 aromatic carbocycles. The van der Waals surface area contributed by atoms with Gasteiger partial charge in [-0.15, -0.1) is 11.3 Å². The lowest BCUT2D eigenvalue weighted by molar-refractivity contribution is -0.849. The normalized spacial score (nSPS) is 18.0. The third-order valence-corrected chi connectivity index (χ3v) is 5.54. The van der Waals surface area contributed by atoms with Gasteiger partial charge in [0.15, 0.2) is 6.54 Å². The Labute approximate surface area is 137 Å². The molecule has 120 valence electrons. The van der Waals surface area contributed by atoms with Gasteiger partial charge in [-0.25, -0.2) is 0 Å². The Morgan fingerprint density at radius 1 is 1.45 bits per heavy atom. The first kappa shape index (κ1) is 17.0. The number of hydrogen-bond donors (Lipinski definition) is 2. The van der Waals surface area contributed by atoms with Gasteiger partial charge in [0.2, 0.25) is 0 Å². The van der Waals surface area contributed by atoms with Gasteiger partial charge in [0.05, 0.1) is 19.7 Å². The number of nitrogens with zero attached hydrogens (tertiary/aromatic N) is 1. The van der Waals surface area contributed by atoms with E-state index in [9.17, 15) is 10.1 Å². The standard InChI is InChI=1S/C17H25N3OS/c1-17(2,3)11-6-7-12-13(9-18)16(22-14(12)8-11)19-15(21)10-20(4)5/h11H,6-8,10H2,1-5H3,(H,19,21)/p+1/t11-/m1/s1. The molecule has 1 atom stereocenters. The lowest BCUT2D eigenvalue weighted by atomic mass is 9.72. The minimum absolute atomic E-state index is 0.0255. The first-order valence-electron chi connectivity index (χ1n) is 7.86. The molecule has 2 rings (SSSR count). The summed E-state index contributed by atoms with van der Waals surface area (Å²) in [7, 11) is 3.89. The molecular formula is C17H26N3OS+. The molecule has 0 bridgehead atoms. The molecule has 0 spiro atoms. The van der Waals surface area contributed by atoms with E-state index < -0.39 is 0 Å². The smallest absolute Gasteiger partial charge is 0.280 e.